The van der Waals surface area contributed by atoms with Gasteiger partial charge in [-0.25, -0.2) is 4.39 Å². The van der Waals surface area contributed by atoms with E-state index in [1.807, 2.05) is 41.5 Å². The zero-order valence-corrected chi connectivity index (χ0v) is 16.8. The van der Waals surface area contributed by atoms with Gasteiger partial charge in [0.15, 0.2) is 5.82 Å². The number of carbonyl (C=O) groups is 1. The van der Waals surface area contributed by atoms with Crippen LogP contribution in [0.3, 0.4) is 0 Å². The van der Waals surface area contributed by atoms with Gasteiger partial charge in [0.1, 0.15) is 5.82 Å². The number of benzene rings is 1. The molecule has 2 rings (SSSR count). The number of anilines is 1. The summed E-state index contributed by atoms with van der Waals surface area (Å²) in [5.41, 5.74) is 1.11. The van der Waals surface area contributed by atoms with Crippen molar-refractivity contribution >= 4 is 17.7 Å². The van der Waals surface area contributed by atoms with E-state index >= 15 is 0 Å². The number of hydrogen-bond acceptors (Lipinski definition) is 2. The molecule has 0 atom stereocenters. The molecule has 0 saturated carbocycles. The Morgan fingerprint density at radius 2 is 1.78 bits per heavy atom. The first kappa shape index (κ1) is 20.6. The molecule has 0 saturated heterocycles. The molecule has 0 aliphatic carbocycles. The number of amides is 1. The van der Waals surface area contributed by atoms with Gasteiger partial charge in [-0.15, -0.1) is 0 Å². The summed E-state index contributed by atoms with van der Waals surface area (Å²) in [6.07, 6.45) is 0.339. The predicted octanol–water partition coefficient (Wildman–Crippen LogP) is 4.33. The van der Waals surface area contributed by atoms with Crippen LogP contribution in [-0.4, -0.2) is 27.6 Å². The van der Waals surface area contributed by atoms with Crippen molar-refractivity contribution in [2.24, 2.45) is 10.4 Å². The first-order valence-corrected chi connectivity index (χ1v) is 8.89. The average Bonchev–Trinajstić information content (AvgIpc) is 2.92. The molecule has 0 radical (unpaired) electrons. The molecular formula is C20H28FN5O. The third kappa shape index (κ3) is 7.21. The lowest BCUT2D eigenvalue weighted by atomic mass is 9.92. The van der Waals surface area contributed by atoms with Gasteiger partial charge in [0.25, 0.3) is 0 Å². The minimum absolute atomic E-state index is 0.143. The molecule has 1 aromatic carbocycles. The number of aliphatic imine (C=N–C) groups is 1. The summed E-state index contributed by atoms with van der Waals surface area (Å²) in [5, 5.41) is 13.4. The maximum atomic E-state index is 13.1. The summed E-state index contributed by atoms with van der Waals surface area (Å²) in [7, 11) is 0. The second-order valence-electron chi connectivity index (χ2n) is 8.77. The summed E-state index contributed by atoms with van der Waals surface area (Å²) in [4.78, 5) is 16.5. The number of rotatable bonds is 3. The lowest BCUT2D eigenvalue weighted by Gasteiger charge is -2.23. The summed E-state index contributed by atoms with van der Waals surface area (Å²) in [6.45, 7) is 11.9. The molecule has 7 heteroatoms. The van der Waals surface area contributed by atoms with Gasteiger partial charge >= 0.3 is 0 Å². The number of hydrogen-bond donors (Lipinski definition) is 3. The number of halogens is 1. The van der Waals surface area contributed by atoms with Gasteiger partial charge in [0, 0.05) is 18.0 Å². The van der Waals surface area contributed by atoms with Crippen LogP contribution in [0.2, 0.25) is 0 Å². The van der Waals surface area contributed by atoms with E-state index in [-0.39, 0.29) is 22.7 Å². The SMILES string of the molecule is CC(C)(C)CC(=O)/N=C(\Nc1cc(-c2ccc(F)cc2)[nH]n1)NC(C)(C)C. The fourth-order valence-corrected chi connectivity index (χ4v) is 2.34. The molecule has 1 aromatic heterocycles. The fraction of sp³-hybridized carbons (Fsp3) is 0.450. The van der Waals surface area contributed by atoms with Gasteiger partial charge in [-0.3, -0.25) is 9.89 Å². The Labute approximate surface area is 159 Å². The second kappa shape index (κ2) is 7.90. The predicted molar refractivity (Wildman–Crippen MR) is 107 cm³/mol. The van der Waals surface area contributed by atoms with Crippen LogP contribution in [0, 0.1) is 11.2 Å². The highest BCUT2D eigenvalue weighted by molar-refractivity contribution is 6.01. The highest BCUT2D eigenvalue weighted by Gasteiger charge is 2.19. The number of H-pyrrole nitrogens is 1. The van der Waals surface area contributed by atoms with E-state index in [0.717, 1.165) is 11.3 Å². The molecule has 146 valence electrons. The van der Waals surface area contributed by atoms with Crippen LogP contribution in [0.1, 0.15) is 48.0 Å². The smallest absolute Gasteiger partial charge is 0.249 e. The molecule has 27 heavy (non-hydrogen) atoms. The molecule has 0 aliphatic heterocycles. The van der Waals surface area contributed by atoms with Crippen LogP contribution < -0.4 is 10.6 Å². The zero-order valence-electron chi connectivity index (χ0n) is 16.8. The quantitative estimate of drug-likeness (QED) is 0.552. The topological polar surface area (TPSA) is 82.2 Å². The van der Waals surface area contributed by atoms with E-state index in [9.17, 15) is 9.18 Å². The number of guanidine groups is 1. The van der Waals surface area contributed by atoms with Gasteiger partial charge in [-0.05, 0) is 56.0 Å². The summed E-state index contributed by atoms with van der Waals surface area (Å²) >= 11 is 0. The molecule has 0 unspecified atom stereocenters. The van der Waals surface area contributed by atoms with Gasteiger partial charge < -0.3 is 10.6 Å². The second-order valence-corrected chi connectivity index (χ2v) is 8.77. The van der Waals surface area contributed by atoms with Gasteiger partial charge in [-0.1, -0.05) is 20.8 Å². The number of nitrogens with one attached hydrogen (secondary N) is 3. The molecule has 0 fully saturated rings. The van der Waals surface area contributed by atoms with Crippen LogP contribution in [0.25, 0.3) is 11.3 Å². The Morgan fingerprint density at radius 1 is 1.15 bits per heavy atom. The highest BCUT2D eigenvalue weighted by Crippen LogP contribution is 2.21. The van der Waals surface area contributed by atoms with Crippen molar-refractivity contribution in [1.29, 1.82) is 0 Å². The van der Waals surface area contributed by atoms with E-state index in [1.54, 1.807) is 18.2 Å². The van der Waals surface area contributed by atoms with Crippen LogP contribution in [0.15, 0.2) is 35.3 Å². The summed E-state index contributed by atoms with van der Waals surface area (Å²) in [6, 6.07) is 7.90. The van der Waals surface area contributed by atoms with Crippen molar-refractivity contribution in [3.8, 4) is 11.3 Å². The summed E-state index contributed by atoms with van der Waals surface area (Å²) < 4.78 is 13.1. The van der Waals surface area contributed by atoms with Crippen LogP contribution in [-0.2, 0) is 4.79 Å². The zero-order chi connectivity index (χ0) is 20.2. The van der Waals surface area contributed by atoms with Crippen molar-refractivity contribution in [3.05, 3.63) is 36.1 Å². The maximum Gasteiger partial charge on any atom is 0.249 e. The molecular weight excluding hydrogens is 345 g/mol. The third-order valence-corrected chi connectivity index (χ3v) is 3.39. The number of carbonyl (C=O) groups excluding carboxylic acids is 1. The lowest BCUT2D eigenvalue weighted by Crippen LogP contribution is -2.44. The molecule has 0 spiro atoms. The van der Waals surface area contributed by atoms with Gasteiger partial charge in [0.2, 0.25) is 11.9 Å². The first-order chi connectivity index (χ1) is 12.4. The monoisotopic (exact) mass is 373 g/mol. The van der Waals surface area contributed by atoms with Gasteiger partial charge in [0.05, 0.1) is 5.69 Å². The van der Waals surface area contributed by atoms with E-state index < -0.39 is 0 Å². The Kier molecular flexibility index (Phi) is 6.03. The Balaban J connectivity index is 2.20. The number of aromatic amines is 1. The third-order valence-electron chi connectivity index (χ3n) is 3.39. The number of nitrogens with zero attached hydrogens (tertiary/aromatic N) is 2. The molecule has 0 bridgehead atoms. The fourth-order valence-electron chi connectivity index (χ4n) is 2.34. The Morgan fingerprint density at radius 3 is 2.33 bits per heavy atom. The molecule has 6 nitrogen and oxygen atoms in total. The van der Waals surface area contributed by atoms with E-state index in [1.165, 1.54) is 12.1 Å². The lowest BCUT2D eigenvalue weighted by molar-refractivity contribution is -0.119. The minimum atomic E-state index is -0.294. The standard InChI is InChI=1S/C20H28FN5O/c1-19(2,3)12-17(27)23-18(24-20(4,5)6)22-16-11-15(25-26-16)13-7-9-14(21)10-8-13/h7-11H,12H2,1-6H3,(H3,22,23,24,25,26,27). The molecule has 1 heterocycles. The molecule has 2 aromatic rings. The minimum Gasteiger partial charge on any atom is -0.351 e. The van der Waals surface area contributed by atoms with Gasteiger partial charge in [-0.2, -0.15) is 10.1 Å². The average molecular weight is 373 g/mol. The van der Waals surface area contributed by atoms with E-state index in [0.29, 0.717) is 18.2 Å². The van der Waals surface area contributed by atoms with E-state index in [2.05, 4.69) is 25.8 Å². The summed E-state index contributed by atoms with van der Waals surface area (Å²) in [5.74, 6) is 0.344. The van der Waals surface area contributed by atoms with E-state index in [4.69, 9.17) is 0 Å². The molecule has 3 N–H and O–H groups in total. The maximum absolute atomic E-state index is 13.1. The first-order valence-electron chi connectivity index (χ1n) is 8.89. The van der Waals surface area contributed by atoms with Crippen LogP contribution in [0.5, 0.6) is 0 Å². The Hall–Kier alpha value is -2.70. The normalized spacial score (nSPS) is 12.8. The van der Waals surface area contributed by atoms with Crippen molar-refractivity contribution < 1.29 is 9.18 Å². The highest BCUT2D eigenvalue weighted by atomic mass is 19.1. The van der Waals surface area contributed by atoms with Crippen LogP contribution in [0.4, 0.5) is 10.2 Å². The largest absolute Gasteiger partial charge is 0.351 e. The van der Waals surface area contributed by atoms with Crippen molar-refractivity contribution in [2.75, 3.05) is 5.32 Å². The molecule has 0 aliphatic rings. The van der Waals surface area contributed by atoms with Crippen molar-refractivity contribution in [3.63, 3.8) is 0 Å². The number of aromatic nitrogens is 2. The molecule has 1 amide bonds. The van der Waals surface area contributed by atoms with Crippen LogP contribution >= 0.6 is 0 Å². The Bertz CT molecular complexity index is 810. The van der Waals surface area contributed by atoms with Crippen molar-refractivity contribution in [1.82, 2.24) is 15.5 Å². The van der Waals surface area contributed by atoms with Crippen molar-refractivity contribution in [2.45, 2.75) is 53.5 Å².